The molecule has 0 aliphatic carbocycles. The Kier molecular flexibility index (Phi) is 5.61. The van der Waals surface area contributed by atoms with Crippen molar-refractivity contribution < 1.29 is 9.21 Å². The van der Waals surface area contributed by atoms with Crippen LogP contribution in [0.4, 0.5) is 0 Å². The van der Waals surface area contributed by atoms with E-state index in [2.05, 4.69) is 31.2 Å². The van der Waals surface area contributed by atoms with Crippen molar-refractivity contribution in [3.05, 3.63) is 56.6 Å². The number of nitrogens with zero attached hydrogens (tertiary/aromatic N) is 4. The van der Waals surface area contributed by atoms with Crippen molar-refractivity contribution in [3.63, 3.8) is 0 Å². The number of benzene rings is 1. The predicted octanol–water partition coefficient (Wildman–Crippen LogP) is 4.32. The van der Waals surface area contributed by atoms with E-state index in [1.54, 1.807) is 28.9 Å². The Morgan fingerprint density at radius 3 is 2.64 bits per heavy atom. The maximum Gasteiger partial charge on any atom is 0.277 e. The molecule has 0 saturated carbocycles. The molecule has 9 heteroatoms. The molecule has 0 fully saturated rings. The van der Waals surface area contributed by atoms with Gasteiger partial charge in [-0.3, -0.25) is 9.48 Å². The minimum atomic E-state index is -0.0242. The zero-order chi connectivity index (χ0) is 18.0. The van der Waals surface area contributed by atoms with E-state index in [9.17, 15) is 4.79 Å². The van der Waals surface area contributed by atoms with E-state index in [-0.39, 0.29) is 11.5 Å². The molecule has 2 aromatic heterocycles. The van der Waals surface area contributed by atoms with Gasteiger partial charge in [0.25, 0.3) is 5.22 Å². The van der Waals surface area contributed by atoms with Crippen LogP contribution in [-0.2, 0) is 6.54 Å². The number of Topliss-reactive ketones (excluding diaryl/α,β-unsaturated/α-hetero) is 1. The predicted molar refractivity (Wildman–Crippen MR) is 99.3 cm³/mol. The third-order valence-corrected chi connectivity index (χ3v) is 5.74. The second-order valence-corrected chi connectivity index (χ2v) is 7.48. The number of hydrogen-bond donors (Lipinski definition) is 0. The van der Waals surface area contributed by atoms with Gasteiger partial charge >= 0.3 is 0 Å². The molecule has 3 rings (SSSR count). The van der Waals surface area contributed by atoms with Gasteiger partial charge in [-0.15, -0.1) is 10.2 Å². The Morgan fingerprint density at radius 1 is 1.28 bits per heavy atom. The summed E-state index contributed by atoms with van der Waals surface area (Å²) in [7, 11) is 0. The standard InChI is InChI=1S/C16H14BrClN4O2S/c1-9-15(17)10(2)22(21-9)7-14-19-20-16(24-14)25-8-13(23)11-3-5-12(18)6-4-11/h3-6H,7-8H2,1-2H3. The summed E-state index contributed by atoms with van der Waals surface area (Å²) in [5.41, 5.74) is 2.49. The first-order chi connectivity index (χ1) is 11.9. The number of thioether (sulfide) groups is 1. The number of ketones is 1. The summed E-state index contributed by atoms with van der Waals surface area (Å²) >= 11 is 10.5. The number of hydrogen-bond acceptors (Lipinski definition) is 6. The number of carbonyl (C=O) groups is 1. The van der Waals surface area contributed by atoms with Crippen molar-refractivity contribution in [1.29, 1.82) is 0 Å². The van der Waals surface area contributed by atoms with Crippen LogP contribution in [0.5, 0.6) is 0 Å². The van der Waals surface area contributed by atoms with Crippen molar-refractivity contribution in [2.24, 2.45) is 0 Å². The van der Waals surface area contributed by atoms with Crippen molar-refractivity contribution >= 4 is 45.1 Å². The van der Waals surface area contributed by atoms with Crippen molar-refractivity contribution in [1.82, 2.24) is 20.0 Å². The second kappa shape index (κ2) is 7.72. The Morgan fingerprint density at radius 2 is 2.00 bits per heavy atom. The number of aromatic nitrogens is 4. The van der Waals surface area contributed by atoms with Crippen LogP contribution >= 0.6 is 39.3 Å². The maximum absolute atomic E-state index is 12.1. The van der Waals surface area contributed by atoms with E-state index in [0.717, 1.165) is 15.9 Å². The molecule has 0 N–H and O–H groups in total. The minimum Gasteiger partial charge on any atom is -0.414 e. The number of halogens is 2. The van der Waals surface area contributed by atoms with Gasteiger partial charge in [0.2, 0.25) is 5.89 Å². The molecular weight excluding hydrogens is 428 g/mol. The highest BCUT2D eigenvalue weighted by Crippen LogP contribution is 2.22. The van der Waals surface area contributed by atoms with Gasteiger partial charge in [-0.2, -0.15) is 5.10 Å². The summed E-state index contributed by atoms with van der Waals surface area (Å²) in [6.07, 6.45) is 0. The van der Waals surface area contributed by atoms with Gasteiger partial charge in [0.05, 0.1) is 21.6 Å². The summed E-state index contributed by atoms with van der Waals surface area (Å²) in [5, 5.41) is 13.3. The highest BCUT2D eigenvalue weighted by atomic mass is 79.9. The molecule has 0 unspecified atom stereocenters. The highest BCUT2D eigenvalue weighted by Gasteiger charge is 2.14. The van der Waals surface area contributed by atoms with E-state index < -0.39 is 0 Å². The fraction of sp³-hybridized carbons (Fsp3) is 0.250. The minimum absolute atomic E-state index is 0.0242. The van der Waals surface area contributed by atoms with Crippen LogP contribution in [-0.4, -0.2) is 31.5 Å². The van der Waals surface area contributed by atoms with Crippen LogP contribution in [0.3, 0.4) is 0 Å². The van der Waals surface area contributed by atoms with Gasteiger partial charge in [0.1, 0.15) is 6.54 Å². The molecule has 2 heterocycles. The van der Waals surface area contributed by atoms with Crippen LogP contribution in [0, 0.1) is 13.8 Å². The lowest BCUT2D eigenvalue weighted by Gasteiger charge is -2.00. The fourth-order valence-corrected chi connectivity index (χ4v) is 3.25. The molecule has 0 radical (unpaired) electrons. The molecule has 0 amide bonds. The van der Waals surface area contributed by atoms with E-state index in [4.69, 9.17) is 16.0 Å². The third-order valence-electron chi connectivity index (χ3n) is 3.52. The molecule has 130 valence electrons. The Hall–Kier alpha value is -1.64. The molecular formula is C16H14BrClN4O2S. The Labute approximate surface area is 162 Å². The smallest absolute Gasteiger partial charge is 0.277 e. The highest BCUT2D eigenvalue weighted by molar-refractivity contribution is 9.10. The van der Waals surface area contributed by atoms with Crippen molar-refractivity contribution in [2.45, 2.75) is 25.6 Å². The normalized spacial score (nSPS) is 11.0. The fourth-order valence-electron chi connectivity index (χ4n) is 2.16. The molecule has 0 saturated heterocycles. The number of aryl methyl sites for hydroxylation is 1. The average molecular weight is 442 g/mol. The van der Waals surface area contributed by atoms with Crippen LogP contribution in [0.1, 0.15) is 27.6 Å². The van der Waals surface area contributed by atoms with E-state index in [1.807, 2.05) is 13.8 Å². The Balaban J connectivity index is 1.61. The maximum atomic E-state index is 12.1. The lowest BCUT2D eigenvalue weighted by atomic mass is 10.1. The lowest BCUT2D eigenvalue weighted by molar-refractivity contribution is 0.102. The third kappa shape index (κ3) is 4.31. The lowest BCUT2D eigenvalue weighted by Crippen LogP contribution is -2.04. The molecule has 0 atom stereocenters. The molecule has 3 aromatic rings. The summed E-state index contributed by atoms with van der Waals surface area (Å²) in [6.45, 7) is 4.27. The number of carbonyl (C=O) groups excluding carboxylic acids is 1. The van der Waals surface area contributed by atoms with E-state index in [1.165, 1.54) is 11.8 Å². The van der Waals surface area contributed by atoms with Gasteiger partial charge in [-0.05, 0) is 54.0 Å². The molecule has 0 bridgehead atoms. The van der Waals surface area contributed by atoms with Gasteiger partial charge < -0.3 is 4.42 Å². The summed E-state index contributed by atoms with van der Waals surface area (Å²) in [6, 6.07) is 6.78. The summed E-state index contributed by atoms with van der Waals surface area (Å²) in [5.74, 6) is 0.637. The number of rotatable bonds is 6. The quantitative estimate of drug-likeness (QED) is 0.419. The summed E-state index contributed by atoms with van der Waals surface area (Å²) < 4.78 is 8.35. The van der Waals surface area contributed by atoms with Gasteiger partial charge in [0, 0.05) is 10.6 Å². The zero-order valence-corrected chi connectivity index (χ0v) is 16.7. The van der Waals surface area contributed by atoms with Gasteiger partial charge in [-0.25, -0.2) is 0 Å². The van der Waals surface area contributed by atoms with Crippen molar-refractivity contribution in [2.75, 3.05) is 5.75 Å². The first-order valence-electron chi connectivity index (χ1n) is 7.37. The molecule has 0 spiro atoms. The van der Waals surface area contributed by atoms with Gasteiger partial charge in [-0.1, -0.05) is 23.4 Å². The summed E-state index contributed by atoms with van der Waals surface area (Å²) in [4.78, 5) is 12.1. The van der Waals surface area contributed by atoms with E-state index >= 15 is 0 Å². The average Bonchev–Trinajstić information content (AvgIpc) is 3.14. The second-order valence-electron chi connectivity index (χ2n) is 5.32. The monoisotopic (exact) mass is 440 g/mol. The van der Waals surface area contributed by atoms with Crippen LogP contribution in [0.25, 0.3) is 0 Å². The van der Waals surface area contributed by atoms with Crippen molar-refractivity contribution in [3.8, 4) is 0 Å². The first-order valence-corrected chi connectivity index (χ1v) is 9.53. The van der Waals surface area contributed by atoms with E-state index in [0.29, 0.717) is 28.2 Å². The molecule has 0 aliphatic heterocycles. The topological polar surface area (TPSA) is 73.8 Å². The van der Waals surface area contributed by atoms with Crippen LogP contribution in [0.15, 0.2) is 38.4 Å². The largest absolute Gasteiger partial charge is 0.414 e. The molecule has 1 aromatic carbocycles. The van der Waals surface area contributed by atoms with Gasteiger partial charge in [0.15, 0.2) is 5.78 Å². The zero-order valence-electron chi connectivity index (χ0n) is 13.5. The van der Waals surface area contributed by atoms with Crippen LogP contribution in [0.2, 0.25) is 5.02 Å². The first kappa shape index (κ1) is 18.2. The Bertz CT molecular complexity index is 908. The molecule has 6 nitrogen and oxygen atoms in total. The SMILES string of the molecule is Cc1nn(Cc2nnc(SCC(=O)c3ccc(Cl)cc3)o2)c(C)c1Br. The molecule has 25 heavy (non-hydrogen) atoms. The van der Waals surface area contributed by atoms with Crippen LogP contribution < -0.4 is 0 Å². The molecule has 0 aliphatic rings.